The van der Waals surface area contributed by atoms with Crippen molar-refractivity contribution < 1.29 is 62.6 Å². The van der Waals surface area contributed by atoms with Gasteiger partial charge in [-0.15, -0.1) is 0 Å². The molecule has 1 rings (SSSR count). The van der Waals surface area contributed by atoms with Crippen LogP contribution in [0.25, 0.3) is 0 Å². The Labute approximate surface area is 570 Å². The van der Waals surface area contributed by atoms with Crippen molar-refractivity contribution in [1.29, 1.82) is 0 Å². The van der Waals surface area contributed by atoms with Gasteiger partial charge in [0.05, 0.1) is 12.6 Å². The van der Waals surface area contributed by atoms with Crippen LogP contribution >= 0.6 is 0 Å². The van der Waals surface area contributed by atoms with E-state index in [1.54, 1.807) is 67.5 Å². The molecule has 1 heterocycles. The summed E-state index contributed by atoms with van der Waals surface area (Å²) in [5.74, 6) is -10.8. The fourth-order valence-corrected chi connectivity index (χ4v) is 11.8. The molecule has 0 bridgehead atoms. The molecule has 0 aromatic heterocycles. The average molecular weight is 1350 g/mol. The van der Waals surface area contributed by atoms with Crippen molar-refractivity contribution in [3.8, 4) is 0 Å². The molecule has 0 aliphatic carbocycles. The van der Waals surface area contributed by atoms with Gasteiger partial charge in [-0.1, -0.05) is 130 Å². The van der Waals surface area contributed by atoms with Crippen LogP contribution in [-0.4, -0.2) is 239 Å². The molecular formula is C70H128N12O13. The number of likely N-dealkylation sites (N-methyl/N-ethyl adjacent to an activating group) is 7. The first-order valence-electron chi connectivity index (χ1n) is 34.5. The number of allylic oxidation sites excluding steroid dienone is 2. The Bertz CT molecular complexity index is 2610. The van der Waals surface area contributed by atoms with Crippen molar-refractivity contribution in [2.45, 2.75) is 263 Å². The first kappa shape index (κ1) is 86.8. The highest BCUT2D eigenvalue weighted by molar-refractivity contribution is 6.00. The Morgan fingerprint density at radius 2 is 1.02 bits per heavy atom. The number of hydrogen-bond acceptors (Lipinski definition) is 14. The number of carbonyl (C=O) groups is 11. The van der Waals surface area contributed by atoms with Gasteiger partial charge >= 0.3 is 0 Å². The van der Waals surface area contributed by atoms with Gasteiger partial charge in [-0.2, -0.15) is 0 Å². The Morgan fingerprint density at radius 1 is 0.568 bits per heavy atom. The third kappa shape index (κ3) is 24.7. The van der Waals surface area contributed by atoms with E-state index < -0.39 is 162 Å². The van der Waals surface area contributed by atoms with E-state index in [1.807, 2.05) is 55.4 Å². The summed E-state index contributed by atoms with van der Waals surface area (Å²) in [5.41, 5.74) is -2.42. The molecule has 0 saturated carbocycles. The van der Waals surface area contributed by atoms with E-state index in [-0.39, 0.29) is 67.6 Å². The summed E-state index contributed by atoms with van der Waals surface area (Å²) < 4.78 is 6.95. The lowest BCUT2D eigenvalue weighted by molar-refractivity contribution is -0.223. The van der Waals surface area contributed by atoms with Gasteiger partial charge in [0.2, 0.25) is 64.8 Å². The monoisotopic (exact) mass is 1340 g/mol. The highest BCUT2D eigenvalue weighted by Crippen LogP contribution is 2.34. The first-order valence-corrected chi connectivity index (χ1v) is 34.5. The molecule has 1 aliphatic rings. The standard InChI is InChI=1S/C70H128N12O13/c1-29-31-32-46(15)58(84)57-62(88)74-50(30-2)64(90)76(22)39-55(83)77(23)51(35-40(3)4)61(87)75-56(44(11)12)67(93)78(24)52(36-41(5)6)60(86)72-47(16)59(85)73-48(17)63(89)79(25)53(37-42(7)8)65(91)80(26)54(38-43(9)10)66(92)82(28)70(45(13)14,68(94)81(57)27)95-49(18)71-34-33-69(19,20)21/h29,31,40-54,56-58,71,84H,30,32-39H2,1-28H3,(H,72,86)(H,73,85)(H,74,88)(H,75,87)/b31-29+/t46-,47+,48-,49?,50+,51+,52+,53+,54+,56+,57+,58-,70+/m1/s1. The van der Waals surface area contributed by atoms with Gasteiger partial charge in [-0.25, -0.2) is 0 Å². The summed E-state index contributed by atoms with van der Waals surface area (Å²) in [4.78, 5) is 173. The van der Waals surface area contributed by atoms with Crippen molar-refractivity contribution in [3.05, 3.63) is 12.2 Å². The molecule has 0 aromatic rings. The largest absolute Gasteiger partial charge is 0.390 e. The molecule has 25 nitrogen and oxygen atoms in total. The molecule has 1 fully saturated rings. The molecule has 1 saturated heterocycles. The maximum absolute atomic E-state index is 16.3. The predicted molar refractivity (Wildman–Crippen MR) is 370 cm³/mol. The smallest absolute Gasteiger partial charge is 0.277 e. The molecule has 0 aromatic carbocycles. The Hall–Kier alpha value is -6.21. The molecule has 95 heavy (non-hydrogen) atoms. The molecule has 0 spiro atoms. The minimum atomic E-state index is -2.30. The van der Waals surface area contributed by atoms with Crippen LogP contribution in [-0.2, 0) is 57.5 Å². The molecule has 25 heteroatoms. The number of aliphatic hydroxyl groups excluding tert-OH is 1. The maximum Gasteiger partial charge on any atom is 0.277 e. The lowest BCUT2D eigenvalue weighted by Crippen LogP contribution is -2.71. The van der Waals surface area contributed by atoms with Crippen molar-refractivity contribution in [3.63, 3.8) is 0 Å². The average Bonchev–Trinajstić information content (AvgIpc) is 0.755. The van der Waals surface area contributed by atoms with Gasteiger partial charge in [0.15, 0.2) is 0 Å². The normalized spacial score (nSPS) is 26.7. The van der Waals surface area contributed by atoms with E-state index >= 15 is 19.2 Å². The zero-order valence-electron chi connectivity index (χ0n) is 63.4. The number of amides is 11. The van der Waals surface area contributed by atoms with E-state index in [2.05, 4.69) is 47.4 Å². The van der Waals surface area contributed by atoms with Crippen LogP contribution in [0.4, 0.5) is 0 Å². The SMILES string of the molecule is C/C=C/C[C@@H](C)[C@@H](O)[C@H]1C(=O)N[C@@H](CC)C(=O)N(C)CC(=O)N(C)[C@@H](CC(C)C)C(=O)N[C@@H](C(C)C)C(=O)N(C)[C@@H](CC(C)C)C(=O)N[C@@H](C)C(=O)N[C@H](C)C(=O)N(C)[C@@H](CC(C)C)C(=O)N(C)[C@@H](CC(C)C)C(=O)N(C)[C@](OC(C)NCCC(C)(C)C)(C(C)C)C(=O)N1C. The summed E-state index contributed by atoms with van der Waals surface area (Å²) in [7, 11) is 9.83. The van der Waals surface area contributed by atoms with E-state index in [0.29, 0.717) is 13.0 Å². The van der Waals surface area contributed by atoms with Gasteiger partial charge in [-0.05, 0) is 120 Å². The van der Waals surface area contributed by atoms with Crippen LogP contribution in [0, 0.1) is 46.8 Å². The number of nitrogens with one attached hydrogen (secondary N) is 5. The topological polar surface area (TPSA) is 300 Å². The van der Waals surface area contributed by atoms with Crippen LogP contribution in [0.2, 0.25) is 0 Å². The number of rotatable bonds is 20. The van der Waals surface area contributed by atoms with Crippen LogP contribution in [0.5, 0.6) is 0 Å². The number of aliphatic hydroxyl groups is 1. The minimum absolute atomic E-state index is 0.0166. The lowest BCUT2D eigenvalue weighted by Gasteiger charge is -2.49. The third-order valence-electron chi connectivity index (χ3n) is 18.0. The zero-order chi connectivity index (χ0) is 73.8. The highest BCUT2D eigenvalue weighted by atomic mass is 16.5. The van der Waals surface area contributed by atoms with Crippen LogP contribution in [0.1, 0.15) is 190 Å². The molecule has 1 aliphatic heterocycles. The molecular weight excluding hydrogens is 1220 g/mol. The molecule has 11 amide bonds. The number of nitrogens with zero attached hydrogens (tertiary/aromatic N) is 7. The maximum atomic E-state index is 16.3. The van der Waals surface area contributed by atoms with Gasteiger partial charge < -0.3 is 65.4 Å². The lowest BCUT2D eigenvalue weighted by atomic mass is 9.89. The van der Waals surface area contributed by atoms with Gasteiger partial charge in [0.25, 0.3) is 5.91 Å². The third-order valence-corrected chi connectivity index (χ3v) is 18.0. The van der Waals surface area contributed by atoms with Crippen molar-refractivity contribution >= 4 is 65.0 Å². The minimum Gasteiger partial charge on any atom is -0.390 e. The molecule has 1 unspecified atom stereocenters. The second-order valence-electron chi connectivity index (χ2n) is 30.2. The summed E-state index contributed by atoms with van der Waals surface area (Å²) in [6, 6.07) is -11.6. The molecule has 6 N–H and O–H groups in total. The number of hydrogen-bond donors (Lipinski definition) is 6. The van der Waals surface area contributed by atoms with Crippen LogP contribution in [0.3, 0.4) is 0 Å². The van der Waals surface area contributed by atoms with Crippen molar-refractivity contribution in [2.24, 2.45) is 46.8 Å². The second-order valence-corrected chi connectivity index (χ2v) is 30.2. The Morgan fingerprint density at radius 3 is 1.48 bits per heavy atom. The zero-order valence-corrected chi connectivity index (χ0v) is 63.4. The van der Waals surface area contributed by atoms with Gasteiger partial charge in [0.1, 0.15) is 60.6 Å². The van der Waals surface area contributed by atoms with Crippen molar-refractivity contribution in [1.82, 2.24) is 60.9 Å². The van der Waals surface area contributed by atoms with E-state index in [0.717, 1.165) is 14.7 Å². The Kier molecular flexibility index (Phi) is 35.3. The summed E-state index contributed by atoms with van der Waals surface area (Å²) >= 11 is 0. The van der Waals surface area contributed by atoms with Gasteiger partial charge in [0, 0.05) is 55.3 Å². The van der Waals surface area contributed by atoms with E-state index in [9.17, 15) is 38.7 Å². The van der Waals surface area contributed by atoms with Crippen LogP contribution in [0.15, 0.2) is 12.2 Å². The predicted octanol–water partition coefficient (Wildman–Crippen LogP) is 4.99. The molecule has 13 atom stereocenters. The van der Waals surface area contributed by atoms with Gasteiger partial charge in [-0.3, -0.25) is 58.1 Å². The highest BCUT2D eigenvalue weighted by Gasteiger charge is 2.56. The first-order chi connectivity index (χ1) is 43.7. The van der Waals surface area contributed by atoms with E-state index in [1.165, 1.54) is 82.8 Å². The summed E-state index contributed by atoms with van der Waals surface area (Å²) in [5, 5.41) is 26.9. The van der Waals surface area contributed by atoms with Crippen molar-refractivity contribution in [2.75, 3.05) is 62.4 Å². The number of ether oxygens (including phenoxy) is 1. The fourth-order valence-electron chi connectivity index (χ4n) is 11.8. The second kappa shape index (κ2) is 38.7. The Balaban J connectivity index is 4.64. The molecule has 0 radical (unpaired) electrons. The summed E-state index contributed by atoms with van der Waals surface area (Å²) in [6.07, 6.45) is 2.44. The summed E-state index contributed by atoms with van der Waals surface area (Å²) in [6.45, 7) is 37.5. The number of carbonyl (C=O) groups excluding carboxylic acids is 11. The quantitative estimate of drug-likeness (QED) is 0.0692. The van der Waals surface area contributed by atoms with E-state index in [4.69, 9.17) is 4.74 Å². The van der Waals surface area contributed by atoms with Crippen LogP contribution < -0.4 is 26.6 Å². The fraction of sp³-hybridized carbons (Fsp3) is 0.814. The molecule has 546 valence electrons.